The average molecular weight is 751 g/mol. The molecule has 0 heterocycles. The second kappa shape index (κ2) is 27.9. The molecule has 1 fully saturated rings. The molecule has 0 spiro atoms. The van der Waals surface area contributed by atoms with Crippen LogP contribution in [0.2, 0.25) is 0 Å². The van der Waals surface area contributed by atoms with Gasteiger partial charge in [-0.05, 0) is 31.1 Å². The first kappa shape index (κ1) is 47.4. The molecule has 14 heteroatoms. The van der Waals surface area contributed by atoms with E-state index in [-0.39, 0.29) is 31.1 Å². The average Bonchev–Trinajstić information content (AvgIpc) is 3.37. The van der Waals surface area contributed by atoms with E-state index in [1.165, 1.54) is 25.7 Å². The van der Waals surface area contributed by atoms with Crippen LogP contribution >= 0.6 is 7.82 Å². The molecule has 1 aliphatic rings. The van der Waals surface area contributed by atoms with Gasteiger partial charge in [-0.25, -0.2) is 4.57 Å². The third kappa shape index (κ3) is 22.9. The van der Waals surface area contributed by atoms with E-state index in [9.17, 15) is 39.5 Å². The minimum absolute atomic E-state index is 0.174. The van der Waals surface area contributed by atoms with Gasteiger partial charge in [-0.2, -0.15) is 0 Å². The van der Waals surface area contributed by atoms with E-state index in [0.717, 1.165) is 44.4 Å². The van der Waals surface area contributed by atoms with Crippen LogP contribution in [0.25, 0.3) is 0 Å². The van der Waals surface area contributed by atoms with E-state index >= 15 is 0 Å². The maximum absolute atomic E-state index is 12.7. The molecule has 0 amide bonds. The molecule has 1 saturated carbocycles. The fraction of sp³-hybridized carbons (Fsp3) is 0.838. The van der Waals surface area contributed by atoms with Gasteiger partial charge >= 0.3 is 19.8 Å². The minimum Gasteiger partial charge on any atom is -0.462 e. The van der Waals surface area contributed by atoms with E-state index in [0.29, 0.717) is 19.3 Å². The SMILES string of the molecule is CCCCC[C@@H](O)/C=C/[C@@H]1[C@H](C/C=C\CC(=O)O[C@H](COC(=O)CCCCCCCCC(C)CC)COP(=O)(O)OC[C@@H](O)CO)[C@@H](O)C[C@H]1O. The van der Waals surface area contributed by atoms with Crippen LogP contribution in [0.15, 0.2) is 24.3 Å². The Balaban J connectivity index is 2.65. The summed E-state index contributed by atoms with van der Waals surface area (Å²) in [6, 6.07) is 0. The third-order valence-electron chi connectivity index (χ3n) is 9.25. The number of carbonyl (C=O) groups is 2. The van der Waals surface area contributed by atoms with Gasteiger partial charge < -0.3 is 39.9 Å². The Hall–Kier alpha value is -1.67. The van der Waals surface area contributed by atoms with Crippen LogP contribution in [0.3, 0.4) is 0 Å². The zero-order chi connectivity index (χ0) is 38.1. The molecule has 51 heavy (non-hydrogen) atoms. The lowest BCUT2D eigenvalue weighted by molar-refractivity contribution is -0.160. The first-order valence-corrected chi connectivity index (χ1v) is 20.4. The zero-order valence-corrected chi connectivity index (χ0v) is 32.0. The molecule has 0 radical (unpaired) electrons. The largest absolute Gasteiger partial charge is 0.472 e. The molecule has 0 aromatic heterocycles. The van der Waals surface area contributed by atoms with Crippen molar-refractivity contribution in [3.8, 4) is 0 Å². The van der Waals surface area contributed by atoms with Gasteiger partial charge in [0.15, 0.2) is 6.10 Å². The number of ether oxygens (including phenoxy) is 2. The Morgan fingerprint density at radius 3 is 2.22 bits per heavy atom. The summed E-state index contributed by atoms with van der Waals surface area (Å²) in [7, 11) is -4.70. The number of hydrogen-bond acceptors (Lipinski definition) is 12. The van der Waals surface area contributed by atoms with E-state index in [2.05, 4.69) is 25.3 Å². The summed E-state index contributed by atoms with van der Waals surface area (Å²) in [6.45, 7) is 4.11. The van der Waals surface area contributed by atoms with Crippen molar-refractivity contribution in [3.63, 3.8) is 0 Å². The second-order valence-corrected chi connectivity index (χ2v) is 15.3. The van der Waals surface area contributed by atoms with Gasteiger partial charge in [0.05, 0.1) is 44.6 Å². The third-order valence-corrected chi connectivity index (χ3v) is 10.2. The Labute approximate surface area is 305 Å². The van der Waals surface area contributed by atoms with Gasteiger partial charge in [0.1, 0.15) is 12.7 Å². The van der Waals surface area contributed by atoms with E-state index in [4.69, 9.17) is 19.1 Å². The van der Waals surface area contributed by atoms with Crippen molar-refractivity contribution < 1.29 is 63.1 Å². The lowest BCUT2D eigenvalue weighted by Crippen LogP contribution is -2.29. The molecule has 2 unspecified atom stereocenters. The summed E-state index contributed by atoms with van der Waals surface area (Å²) in [5.41, 5.74) is 0. The summed E-state index contributed by atoms with van der Waals surface area (Å²) in [6.07, 6.45) is 14.5. The number of phosphoric ester groups is 1. The highest BCUT2D eigenvalue weighted by molar-refractivity contribution is 7.47. The number of esters is 2. The number of rotatable bonds is 30. The van der Waals surface area contributed by atoms with Gasteiger partial charge in [-0.15, -0.1) is 0 Å². The normalized spacial score (nSPS) is 22.9. The molecule has 13 nitrogen and oxygen atoms in total. The van der Waals surface area contributed by atoms with Crippen molar-refractivity contribution in [2.45, 2.75) is 154 Å². The van der Waals surface area contributed by atoms with E-state index in [1.54, 1.807) is 24.3 Å². The molecule has 0 aromatic carbocycles. The van der Waals surface area contributed by atoms with Crippen molar-refractivity contribution >= 4 is 19.8 Å². The fourth-order valence-electron chi connectivity index (χ4n) is 5.82. The Morgan fingerprint density at radius 2 is 1.53 bits per heavy atom. The molecule has 9 atom stereocenters. The summed E-state index contributed by atoms with van der Waals surface area (Å²) in [4.78, 5) is 35.0. The van der Waals surface area contributed by atoms with Crippen LogP contribution < -0.4 is 0 Å². The van der Waals surface area contributed by atoms with Crippen LogP contribution in [0.4, 0.5) is 0 Å². The zero-order valence-electron chi connectivity index (χ0n) is 31.1. The van der Waals surface area contributed by atoms with Crippen LogP contribution in [0, 0.1) is 17.8 Å². The van der Waals surface area contributed by atoms with Crippen molar-refractivity contribution in [2.24, 2.45) is 17.8 Å². The molecule has 0 bridgehead atoms. The predicted octanol–water partition coefficient (Wildman–Crippen LogP) is 5.29. The molecule has 1 rings (SSSR count). The lowest BCUT2D eigenvalue weighted by atomic mass is 9.89. The van der Waals surface area contributed by atoms with Crippen molar-refractivity contribution in [1.29, 1.82) is 0 Å². The van der Waals surface area contributed by atoms with Crippen molar-refractivity contribution in [2.75, 3.05) is 26.4 Å². The maximum Gasteiger partial charge on any atom is 0.472 e. The van der Waals surface area contributed by atoms with Crippen LogP contribution in [0.1, 0.15) is 124 Å². The first-order chi connectivity index (χ1) is 24.3. The number of phosphoric acid groups is 1. The number of hydrogen-bond donors (Lipinski definition) is 6. The Kier molecular flexibility index (Phi) is 25.9. The first-order valence-electron chi connectivity index (χ1n) is 18.9. The number of carbonyl (C=O) groups excluding carboxylic acids is 2. The molecule has 0 saturated heterocycles. The standard InChI is InChI=1S/C37H67O13P/c1-4-6-11-17-29(39)21-22-33-32(34(41)23-35(33)42)18-14-15-20-37(44)50-31(27-49-51(45,46)48-25-30(40)24-38)26-47-36(43)19-13-10-8-7-9-12-16-28(3)5-2/h14-15,21-22,28-35,38-42H,4-13,16-20,23-27H2,1-3H3,(H,45,46)/b15-14-,22-21+/t28?,29-,30+,31-,32+,33-,34+,35-/m1/s1. The maximum atomic E-state index is 12.7. The van der Waals surface area contributed by atoms with Crippen molar-refractivity contribution in [1.82, 2.24) is 0 Å². The van der Waals surface area contributed by atoms with E-state index in [1.807, 2.05) is 0 Å². The number of allylic oxidation sites excluding steroid dienone is 1. The molecule has 0 aliphatic heterocycles. The Morgan fingerprint density at radius 1 is 0.863 bits per heavy atom. The van der Waals surface area contributed by atoms with Gasteiger partial charge in [0.2, 0.25) is 0 Å². The summed E-state index contributed by atoms with van der Waals surface area (Å²) in [5.74, 6) is -1.16. The quantitative estimate of drug-likeness (QED) is 0.0239. The number of unbranched alkanes of at least 4 members (excludes halogenated alkanes) is 7. The predicted molar refractivity (Wildman–Crippen MR) is 193 cm³/mol. The number of aliphatic hydroxyl groups excluding tert-OH is 5. The number of aliphatic hydroxyl groups is 5. The summed E-state index contributed by atoms with van der Waals surface area (Å²) < 4.78 is 32.5. The summed E-state index contributed by atoms with van der Waals surface area (Å²) in [5, 5.41) is 49.6. The highest BCUT2D eigenvalue weighted by atomic mass is 31.2. The highest BCUT2D eigenvalue weighted by Crippen LogP contribution is 2.43. The van der Waals surface area contributed by atoms with Crippen LogP contribution in [0.5, 0.6) is 0 Å². The van der Waals surface area contributed by atoms with Gasteiger partial charge in [-0.1, -0.05) is 109 Å². The van der Waals surface area contributed by atoms with Gasteiger partial charge in [-0.3, -0.25) is 18.6 Å². The second-order valence-electron chi connectivity index (χ2n) is 13.8. The van der Waals surface area contributed by atoms with E-state index < -0.39 is 76.7 Å². The Bertz CT molecular complexity index is 1040. The smallest absolute Gasteiger partial charge is 0.462 e. The monoisotopic (exact) mass is 750 g/mol. The van der Waals surface area contributed by atoms with Crippen LogP contribution in [-0.2, 0) is 32.7 Å². The minimum atomic E-state index is -4.70. The molecular weight excluding hydrogens is 683 g/mol. The molecule has 0 aromatic rings. The molecule has 1 aliphatic carbocycles. The van der Waals surface area contributed by atoms with Gasteiger partial charge in [0, 0.05) is 18.8 Å². The lowest BCUT2D eigenvalue weighted by Gasteiger charge is -2.20. The topological polar surface area (TPSA) is 210 Å². The highest BCUT2D eigenvalue weighted by Gasteiger charge is 2.39. The molecule has 298 valence electrons. The fourth-order valence-corrected chi connectivity index (χ4v) is 6.61. The molecule has 6 N–H and O–H groups in total. The van der Waals surface area contributed by atoms with Gasteiger partial charge in [0.25, 0.3) is 0 Å². The van der Waals surface area contributed by atoms with Crippen molar-refractivity contribution in [3.05, 3.63) is 24.3 Å². The van der Waals surface area contributed by atoms with Crippen LogP contribution in [-0.4, -0.2) is 99.3 Å². The molecular formula is C37H67O13P. The summed E-state index contributed by atoms with van der Waals surface area (Å²) >= 11 is 0.